The van der Waals surface area contributed by atoms with Gasteiger partial charge in [-0.3, -0.25) is 9.89 Å². The highest BCUT2D eigenvalue weighted by Gasteiger charge is 2.36. The van der Waals surface area contributed by atoms with Crippen LogP contribution in [0, 0.1) is 0 Å². The first kappa shape index (κ1) is 19.2. The lowest BCUT2D eigenvalue weighted by Gasteiger charge is -2.05. The number of alkyl halides is 3. The molecule has 0 atom stereocenters. The van der Waals surface area contributed by atoms with E-state index in [-0.39, 0.29) is 12.4 Å². The molecule has 0 spiro atoms. The fraction of sp³-hybridized carbons (Fsp3) is 0.118. The van der Waals surface area contributed by atoms with Gasteiger partial charge in [-0.2, -0.15) is 13.2 Å². The van der Waals surface area contributed by atoms with E-state index in [1.807, 2.05) is 12.1 Å². The molecule has 0 saturated carbocycles. The van der Waals surface area contributed by atoms with Crippen LogP contribution in [0.2, 0.25) is 5.02 Å². The molecule has 10 heteroatoms. The molecule has 0 unspecified atom stereocenters. The Kier molecular flexibility index (Phi) is 5.71. The largest absolute Gasteiger partial charge is 0.453 e. The van der Waals surface area contributed by atoms with Crippen LogP contribution in [-0.2, 0) is 12.7 Å². The van der Waals surface area contributed by atoms with Gasteiger partial charge in [0.05, 0.1) is 6.54 Å². The summed E-state index contributed by atoms with van der Waals surface area (Å²) in [5.41, 5.74) is 0.381. The summed E-state index contributed by atoms with van der Waals surface area (Å²) in [4.78, 5) is 17.3. The van der Waals surface area contributed by atoms with Crippen LogP contribution < -0.4 is 5.32 Å². The molecule has 3 aromatic rings. The summed E-state index contributed by atoms with van der Waals surface area (Å²) in [5, 5.41) is 8.37. The second kappa shape index (κ2) is 8.01. The number of nitrogens with one attached hydrogen (secondary N) is 2. The predicted molar refractivity (Wildman–Crippen MR) is 94.6 cm³/mol. The number of rotatable bonds is 5. The maximum absolute atomic E-state index is 12.4. The standard InChI is InChI=1S/C17H12ClF3N4OS/c18-11-3-7-13(8-4-11)27-12-5-1-10(2-6-12)15(26)22-9-14-23-16(25-24-14)17(19,20)21/h1-8H,9H2,(H,22,26)(H,23,24,25). The maximum atomic E-state index is 12.4. The summed E-state index contributed by atoms with van der Waals surface area (Å²) >= 11 is 7.36. The summed E-state index contributed by atoms with van der Waals surface area (Å²) < 4.78 is 37.3. The second-order valence-electron chi connectivity index (χ2n) is 5.37. The van der Waals surface area contributed by atoms with Crippen LogP contribution in [0.1, 0.15) is 22.0 Å². The Morgan fingerprint density at radius 1 is 1.07 bits per heavy atom. The number of benzene rings is 2. The van der Waals surface area contributed by atoms with Crippen molar-refractivity contribution in [2.24, 2.45) is 0 Å². The van der Waals surface area contributed by atoms with E-state index in [1.54, 1.807) is 36.4 Å². The first-order valence-corrected chi connectivity index (χ1v) is 8.81. The summed E-state index contributed by atoms with van der Waals surface area (Å²) in [5.74, 6) is -1.77. The van der Waals surface area contributed by atoms with E-state index in [4.69, 9.17) is 11.6 Å². The third kappa shape index (κ3) is 5.24. The van der Waals surface area contributed by atoms with E-state index in [2.05, 4.69) is 20.5 Å². The SMILES string of the molecule is O=C(NCc1nc(C(F)(F)F)n[nH]1)c1ccc(Sc2ccc(Cl)cc2)cc1. The molecule has 0 aliphatic rings. The topological polar surface area (TPSA) is 70.7 Å². The normalized spacial score (nSPS) is 11.4. The fourth-order valence-electron chi connectivity index (χ4n) is 2.08. The zero-order valence-corrected chi connectivity index (χ0v) is 15.1. The molecule has 1 amide bonds. The second-order valence-corrected chi connectivity index (χ2v) is 6.95. The highest BCUT2D eigenvalue weighted by Crippen LogP contribution is 2.28. The van der Waals surface area contributed by atoms with E-state index in [0.29, 0.717) is 10.6 Å². The van der Waals surface area contributed by atoms with Gasteiger partial charge in [-0.05, 0) is 48.5 Å². The Bertz CT molecular complexity index is 927. The molecule has 27 heavy (non-hydrogen) atoms. The number of halogens is 4. The molecule has 3 rings (SSSR count). The van der Waals surface area contributed by atoms with Gasteiger partial charge in [0.25, 0.3) is 11.7 Å². The number of aromatic nitrogens is 3. The van der Waals surface area contributed by atoms with Gasteiger partial charge in [-0.1, -0.05) is 23.4 Å². The van der Waals surface area contributed by atoms with Gasteiger partial charge in [-0.25, -0.2) is 4.98 Å². The predicted octanol–water partition coefficient (Wildman–Crippen LogP) is 4.56. The van der Waals surface area contributed by atoms with Crippen LogP contribution in [0.3, 0.4) is 0 Å². The minimum Gasteiger partial charge on any atom is -0.345 e. The molecule has 1 aromatic heterocycles. The number of aromatic amines is 1. The van der Waals surface area contributed by atoms with Crippen molar-refractivity contribution in [1.82, 2.24) is 20.5 Å². The zero-order valence-electron chi connectivity index (χ0n) is 13.5. The van der Waals surface area contributed by atoms with Crippen molar-refractivity contribution < 1.29 is 18.0 Å². The molecular weight excluding hydrogens is 401 g/mol. The van der Waals surface area contributed by atoms with Crippen LogP contribution in [0.25, 0.3) is 0 Å². The van der Waals surface area contributed by atoms with Crippen LogP contribution in [0.4, 0.5) is 13.2 Å². The average Bonchev–Trinajstić information content (AvgIpc) is 3.12. The fourth-order valence-corrected chi connectivity index (χ4v) is 3.02. The third-order valence-electron chi connectivity index (χ3n) is 3.37. The minimum absolute atomic E-state index is 0.0782. The van der Waals surface area contributed by atoms with Crippen molar-refractivity contribution in [2.75, 3.05) is 0 Å². The summed E-state index contributed by atoms with van der Waals surface area (Å²) in [6.07, 6.45) is -4.63. The number of nitrogens with zero attached hydrogens (tertiary/aromatic N) is 2. The van der Waals surface area contributed by atoms with Crippen molar-refractivity contribution in [3.05, 3.63) is 70.8 Å². The first-order valence-electron chi connectivity index (χ1n) is 7.61. The number of amides is 1. The van der Waals surface area contributed by atoms with Crippen molar-refractivity contribution in [3.8, 4) is 0 Å². The Labute approximate surface area is 161 Å². The quantitative estimate of drug-likeness (QED) is 0.644. The Balaban J connectivity index is 1.57. The molecule has 140 valence electrons. The van der Waals surface area contributed by atoms with Gasteiger partial charge in [0, 0.05) is 20.4 Å². The monoisotopic (exact) mass is 412 g/mol. The summed E-state index contributed by atoms with van der Waals surface area (Å²) in [7, 11) is 0. The number of carbonyl (C=O) groups excluding carboxylic acids is 1. The van der Waals surface area contributed by atoms with E-state index in [0.717, 1.165) is 9.79 Å². The van der Waals surface area contributed by atoms with E-state index < -0.39 is 17.9 Å². The van der Waals surface area contributed by atoms with Gasteiger partial charge in [0.2, 0.25) is 0 Å². The van der Waals surface area contributed by atoms with Gasteiger partial charge in [-0.15, -0.1) is 5.10 Å². The average molecular weight is 413 g/mol. The van der Waals surface area contributed by atoms with Gasteiger partial charge >= 0.3 is 6.18 Å². The van der Waals surface area contributed by atoms with Crippen molar-refractivity contribution in [1.29, 1.82) is 0 Å². The lowest BCUT2D eigenvalue weighted by Crippen LogP contribution is -2.23. The minimum atomic E-state index is -4.63. The Morgan fingerprint density at radius 2 is 1.67 bits per heavy atom. The van der Waals surface area contributed by atoms with Crippen molar-refractivity contribution in [3.63, 3.8) is 0 Å². The highest BCUT2D eigenvalue weighted by molar-refractivity contribution is 7.99. The molecular formula is C17H12ClF3N4OS. The van der Waals surface area contributed by atoms with Crippen molar-refractivity contribution in [2.45, 2.75) is 22.5 Å². The lowest BCUT2D eigenvalue weighted by molar-refractivity contribution is -0.144. The molecule has 0 saturated heterocycles. The molecule has 2 aromatic carbocycles. The Hall–Kier alpha value is -2.52. The molecule has 0 aliphatic carbocycles. The van der Waals surface area contributed by atoms with Crippen molar-refractivity contribution >= 4 is 29.3 Å². The Morgan fingerprint density at radius 3 is 2.22 bits per heavy atom. The third-order valence-corrected chi connectivity index (χ3v) is 4.64. The van der Waals surface area contributed by atoms with Crippen LogP contribution >= 0.6 is 23.4 Å². The number of hydrogen-bond acceptors (Lipinski definition) is 4. The molecule has 1 heterocycles. The lowest BCUT2D eigenvalue weighted by atomic mass is 10.2. The number of carbonyl (C=O) groups is 1. The first-order chi connectivity index (χ1) is 12.8. The van der Waals surface area contributed by atoms with E-state index in [1.165, 1.54) is 11.8 Å². The maximum Gasteiger partial charge on any atom is 0.453 e. The van der Waals surface area contributed by atoms with Crippen LogP contribution in [0.5, 0.6) is 0 Å². The van der Waals surface area contributed by atoms with Gasteiger partial charge < -0.3 is 5.32 Å². The molecule has 0 radical (unpaired) electrons. The smallest absolute Gasteiger partial charge is 0.345 e. The van der Waals surface area contributed by atoms with E-state index >= 15 is 0 Å². The molecule has 0 fully saturated rings. The zero-order chi connectivity index (χ0) is 19.4. The summed E-state index contributed by atoms with van der Waals surface area (Å²) in [6, 6.07) is 14.2. The van der Waals surface area contributed by atoms with Gasteiger partial charge in [0.1, 0.15) is 5.82 Å². The van der Waals surface area contributed by atoms with Crippen LogP contribution in [0.15, 0.2) is 58.3 Å². The molecule has 5 nitrogen and oxygen atoms in total. The molecule has 0 bridgehead atoms. The summed E-state index contributed by atoms with van der Waals surface area (Å²) in [6.45, 7) is -0.191. The van der Waals surface area contributed by atoms with Gasteiger partial charge in [0.15, 0.2) is 0 Å². The van der Waals surface area contributed by atoms with Crippen LogP contribution in [-0.4, -0.2) is 21.1 Å². The highest BCUT2D eigenvalue weighted by atomic mass is 35.5. The number of hydrogen-bond donors (Lipinski definition) is 2. The van der Waals surface area contributed by atoms with E-state index in [9.17, 15) is 18.0 Å². The molecule has 0 aliphatic heterocycles. The molecule has 2 N–H and O–H groups in total. The number of H-pyrrole nitrogens is 1.